The molecule has 3 heterocycles. The predicted octanol–water partition coefficient (Wildman–Crippen LogP) is 1.80. The lowest BCUT2D eigenvalue weighted by atomic mass is 9.49. The Hall–Kier alpha value is -1.38. The summed E-state index contributed by atoms with van der Waals surface area (Å²) < 4.78 is 29.5. The summed E-state index contributed by atoms with van der Waals surface area (Å²) in [5, 5.41) is 62.3. The highest BCUT2D eigenvalue weighted by Crippen LogP contribution is 2.61. The van der Waals surface area contributed by atoms with Crippen LogP contribution in [0.1, 0.15) is 72.3 Å². The summed E-state index contributed by atoms with van der Waals surface area (Å²) in [6.07, 6.45) is -4.64. The fraction of sp³-hybridized carbons (Fsp3) is 0.812. The molecule has 244 valence electrons. The Morgan fingerprint density at radius 2 is 1.63 bits per heavy atom. The standard InChI is InChI=1S/C32H50O11/c1-16-6-9-21-31(3,4)22(10-12-32(21,5)19(16)8-7-18-11-13-39-15-18)42-30-28(26(37)23(34)17(2)40-30)43-29-27(38)25(36)24(35)20(14-33)41-29/h11,13,15,17,20-30,33-38H,6-10,12,14H2,1-5H3/t17-,20-,21+,22-,23-,24+,25-,26-,27+,28-,29-,30-,32+/m0/s1. The van der Waals surface area contributed by atoms with E-state index in [9.17, 15) is 30.6 Å². The van der Waals surface area contributed by atoms with Gasteiger partial charge in [0.25, 0.3) is 0 Å². The first-order valence-electron chi connectivity index (χ1n) is 15.6. The van der Waals surface area contributed by atoms with Crippen LogP contribution >= 0.6 is 0 Å². The van der Waals surface area contributed by atoms with Crippen molar-refractivity contribution >= 4 is 0 Å². The van der Waals surface area contributed by atoms with E-state index in [1.165, 1.54) is 16.7 Å². The third-order valence-electron chi connectivity index (χ3n) is 10.9. The van der Waals surface area contributed by atoms with E-state index in [1.807, 2.05) is 12.3 Å². The van der Waals surface area contributed by atoms with E-state index >= 15 is 0 Å². The molecular formula is C32H50O11. The fourth-order valence-corrected chi connectivity index (χ4v) is 8.27. The minimum Gasteiger partial charge on any atom is -0.472 e. The Labute approximate surface area is 253 Å². The second-order valence-electron chi connectivity index (χ2n) is 13.9. The van der Waals surface area contributed by atoms with Crippen molar-refractivity contribution in [2.45, 2.75) is 141 Å². The highest BCUT2D eigenvalue weighted by molar-refractivity contribution is 5.29. The summed E-state index contributed by atoms with van der Waals surface area (Å²) in [5.74, 6) is 0.322. The smallest absolute Gasteiger partial charge is 0.187 e. The number of aliphatic hydroxyl groups is 6. The summed E-state index contributed by atoms with van der Waals surface area (Å²) in [6, 6.07) is 2.02. The van der Waals surface area contributed by atoms with Gasteiger partial charge in [-0.2, -0.15) is 0 Å². The van der Waals surface area contributed by atoms with Crippen LogP contribution in [-0.4, -0.2) is 105 Å². The molecular weight excluding hydrogens is 560 g/mol. The minimum absolute atomic E-state index is 0.00190. The molecule has 13 atom stereocenters. The number of hydrogen-bond acceptors (Lipinski definition) is 11. The number of furan rings is 1. The topological polar surface area (TPSA) is 171 Å². The average Bonchev–Trinajstić information content (AvgIpc) is 3.48. The van der Waals surface area contributed by atoms with E-state index in [0.29, 0.717) is 5.92 Å². The van der Waals surface area contributed by atoms with E-state index in [0.717, 1.165) is 38.5 Å². The zero-order chi connectivity index (χ0) is 31.3. The monoisotopic (exact) mass is 610 g/mol. The summed E-state index contributed by atoms with van der Waals surface area (Å²) in [5.41, 5.74) is 3.89. The first kappa shape index (κ1) is 33.0. The number of fused-ring (bicyclic) bond motifs is 1. The SMILES string of the molecule is CC1=C(CCc2ccoc2)[C@@]2(C)CC[C@H](O[C@@H]3O[C@@H](C)[C@H](O)[C@H](O)[C@@H]3O[C@@H]3O[C@@H](CO)[C@@H](O)[C@H](O)[C@H]3O)C(C)(C)[C@H]2CC1. The van der Waals surface area contributed by atoms with Gasteiger partial charge in [0.15, 0.2) is 12.6 Å². The van der Waals surface area contributed by atoms with Gasteiger partial charge < -0.3 is 54.0 Å². The largest absolute Gasteiger partial charge is 0.472 e. The van der Waals surface area contributed by atoms with Crippen LogP contribution in [-0.2, 0) is 25.4 Å². The lowest BCUT2D eigenvalue weighted by molar-refractivity contribution is -0.374. The van der Waals surface area contributed by atoms with Crippen LogP contribution in [0.25, 0.3) is 0 Å². The number of ether oxygens (including phenoxy) is 4. The molecule has 6 N–H and O–H groups in total. The van der Waals surface area contributed by atoms with E-state index in [4.69, 9.17) is 23.4 Å². The van der Waals surface area contributed by atoms with Crippen molar-refractivity contribution in [3.05, 3.63) is 35.3 Å². The average molecular weight is 611 g/mol. The van der Waals surface area contributed by atoms with Crippen LogP contribution in [0.3, 0.4) is 0 Å². The molecule has 1 aromatic heterocycles. The lowest BCUT2D eigenvalue weighted by Crippen LogP contribution is -2.65. The van der Waals surface area contributed by atoms with Gasteiger partial charge in [0.1, 0.15) is 42.7 Å². The van der Waals surface area contributed by atoms with Crippen LogP contribution in [0.2, 0.25) is 0 Å². The van der Waals surface area contributed by atoms with Gasteiger partial charge in [-0.15, -0.1) is 0 Å². The molecule has 2 aliphatic heterocycles. The first-order chi connectivity index (χ1) is 20.3. The molecule has 5 rings (SSSR count). The van der Waals surface area contributed by atoms with Crippen molar-refractivity contribution in [3.63, 3.8) is 0 Å². The zero-order valence-corrected chi connectivity index (χ0v) is 25.8. The van der Waals surface area contributed by atoms with Crippen LogP contribution in [0, 0.1) is 16.7 Å². The minimum atomic E-state index is -1.67. The molecule has 11 nitrogen and oxygen atoms in total. The molecule has 2 aliphatic carbocycles. The normalized spacial score (nSPS) is 45.2. The third-order valence-corrected chi connectivity index (χ3v) is 10.9. The van der Waals surface area contributed by atoms with Crippen molar-refractivity contribution in [2.24, 2.45) is 16.7 Å². The fourth-order valence-electron chi connectivity index (χ4n) is 8.27. The molecule has 2 saturated heterocycles. The molecule has 1 aromatic rings. The third kappa shape index (κ3) is 6.10. The lowest BCUT2D eigenvalue weighted by Gasteiger charge is -2.58. The molecule has 0 spiro atoms. The second-order valence-corrected chi connectivity index (χ2v) is 13.9. The molecule has 0 unspecified atom stereocenters. The number of aliphatic hydroxyl groups excluding tert-OH is 6. The van der Waals surface area contributed by atoms with Crippen LogP contribution in [0.5, 0.6) is 0 Å². The van der Waals surface area contributed by atoms with Crippen LogP contribution in [0.15, 0.2) is 34.2 Å². The Morgan fingerprint density at radius 1 is 0.884 bits per heavy atom. The van der Waals surface area contributed by atoms with Gasteiger partial charge >= 0.3 is 0 Å². The Bertz CT molecular complexity index is 1100. The van der Waals surface area contributed by atoms with Gasteiger partial charge in [-0.1, -0.05) is 31.9 Å². The first-order valence-corrected chi connectivity index (χ1v) is 15.6. The number of rotatable bonds is 8. The molecule has 0 aromatic carbocycles. The Kier molecular flexibility index (Phi) is 9.81. The Morgan fingerprint density at radius 3 is 2.30 bits per heavy atom. The van der Waals surface area contributed by atoms with Crippen molar-refractivity contribution in [2.75, 3.05) is 6.61 Å². The zero-order valence-electron chi connectivity index (χ0n) is 25.8. The predicted molar refractivity (Wildman–Crippen MR) is 153 cm³/mol. The van der Waals surface area contributed by atoms with Gasteiger partial charge in [0.05, 0.1) is 31.3 Å². The maximum Gasteiger partial charge on any atom is 0.187 e. The van der Waals surface area contributed by atoms with E-state index in [2.05, 4.69) is 27.7 Å². The summed E-state index contributed by atoms with van der Waals surface area (Å²) in [4.78, 5) is 0. The van der Waals surface area contributed by atoms with E-state index in [1.54, 1.807) is 13.2 Å². The highest BCUT2D eigenvalue weighted by Gasteiger charge is 2.57. The van der Waals surface area contributed by atoms with Gasteiger partial charge in [-0.3, -0.25) is 0 Å². The number of hydrogen-bond donors (Lipinski definition) is 6. The molecule has 0 bridgehead atoms. The van der Waals surface area contributed by atoms with Crippen molar-refractivity contribution in [1.82, 2.24) is 0 Å². The molecule has 43 heavy (non-hydrogen) atoms. The maximum absolute atomic E-state index is 11.1. The van der Waals surface area contributed by atoms with Crippen molar-refractivity contribution in [1.29, 1.82) is 0 Å². The molecule has 0 amide bonds. The number of aryl methyl sites for hydroxylation is 1. The molecule has 0 radical (unpaired) electrons. The Balaban J connectivity index is 1.34. The van der Waals surface area contributed by atoms with Crippen molar-refractivity contribution < 1.29 is 54.0 Å². The van der Waals surface area contributed by atoms with E-state index in [-0.39, 0.29) is 16.9 Å². The summed E-state index contributed by atoms with van der Waals surface area (Å²) in [7, 11) is 0. The van der Waals surface area contributed by atoms with Gasteiger partial charge in [0, 0.05) is 0 Å². The molecule has 1 saturated carbocycles. The molecule has 3 fully saturated rings. The van der Waals surface area contributed by atoms with Gasteiger partial charge in [0.2, 0.25) is 0 Å². The quantitative estimate of drug-likeness (QED) is 0.237. The highest BCUT2D eigenvalue weighted by atomic mass is 16.8. The summed E-state index contributed by atoms with van der Waals surface area (Å²) in [6.45, 7) is 10.1. The second kappa shape index (κ2) is 12.8. The van der Waals surface area contributed by atoms with Crippen molar-refractivity contribution in [3.8, 4) is 0 Å². The maximum atomic E-state index is 11.1. The number of allylic oxidation sites excluding steroid dienone is 2. The summed E-state index contributed by atoms with van der Waals surface area (Å²) >= 11 is 0. The van der Waals surface area contributed by atoms with Gasteiger partial charge in [-0.25, -0.2) is 0 Å². The molecule has 4 aliphatic rings. The molecule has 11 heteroatoms. The van der Waals surface area contributed by atoms with Crippen LogP contribution < -0.4 is 0 Å². The van der Waals surface area contributed by atoms with E-state index < -0.39 is 68.0 Å². The van der Waals surface area contributed by atoms with Crippen LogP contribution in [0.4, 0.5) is 0 Å². The van der Waals surface area contributed by atoms with Gasteiger partial charge in [-0.05, 0) is 80.8 Å².